The zero-order chi connectivity index (χ0) is 17.3. The molecule has 8 heteroatoms. The van der Waals surface area contributed by atoms with Crippen molar-refractivity contribution in [1.82, 2.24) is 0 Å². The minimum atomic E-state index is -4.69. The minimum absolute atomic E-state index is 0.0793. The molecule has 0 radical (unpaired) electrons. The smallest absolute Gasteiger partial charge is 0.392 e. The van der Waals surface area contributed by atoms with Gasteiger partial charge in [-0.05, 0) is 31.2 Å². The predicted octanol–water partition coefficient (Wildman–Crippen LogP) is 3.31. The van der Waals surface area contributed by atoms with Gasteiger partial charge < -0.3 is 5.11 Å². The van der Waals surface area contributed by atoms with Gasteiger partial charge in [0.25, 0.3) is 10.0 Å². The molecule has 2 aromatic rings. The summed E-state index contributed by atoms with van der Waals surface area (Å²) in [6, 6.07) is 8.89. The van der Waals surface area contributed by atoms with Crippen molar-refractivity contribution in [2.24, 2.45) is 0 Å². The predicted molar refractivity (Wildman–Crippen MR) is 79.4 cm³/mol. The largest absolute Gasteiger partial charge is 0.416 e. The number of benzene rings is 2. The molecular weight excluding hydrogens is 331 g/mol. The van der Waals surface area contributed by atoms with Crippen molar-refractivity contribution in [3.63, 3.8) is 0 Å². The zero-order valence-corrected chi connectivity index (χ0v) is 12.9. The Hall–Kier alpha value is -2.06. The third kappa shape index (κ3) is 3.83. The van der Waals surface area contributed by atoms with Crippen LogP contribution in [0.3, 0.4) is 0 Å². The van der Waals surface area contributed by atoms with Gasteiger partial charge in [0, 0.05) is 5.56 Å². The first-order chi connectivity index (χ1) is 10.6. The molecule has 0 heterocycles. The van der Waals surface area contributed by atoms with Crippen LogP contribution in [0.25, 0.3) is 0 Å². The number of anilines is 1. The molecule has 2 rings (SSSR count). The van der Waals surface area contributed by atoms with Crippen molar-refractivity contribution in [2.75, 3.05) is 4.72 Å². The highest BCUT2D eigenvalue weighted by Crippen LogP contribution is 2.35. The number of halogens is 3. The van der Waals surface area contributed by atoms with Crippen LogP contribution < -0.4 is 4.72 Å². The van der Waals surface area contributed by atoms with E-state index in [1.807, 2.05) is 0 Å². The van der Waals surface area contributed by atoms with Crippen LogP contribution in [0.1, 0.15) is 16.7 Å². The molecule has 0 aliphatic rings. The van der Waals surface area contributed by atoms with Gasteiger partial charge in [0.15, 0.2) is 0 Å². The second-order valence-electron chi connectivity index (χ2n) is 4.91. The first-order valence-corrected chi connectivity index (χ1v) is 8.03. The van der Waals surface area contributed by atoms with E-state index in [0.29, 0.717) is 0 Å². The lowest BCUT2D eigenvalue weighted by Crippen LogP contribution is -2.17. The molecule has 4 nitrogen and oxygen atoms in total. The first kappa shape index (κ1) is 17.3. The zero-order valence-electron chi connectivity index (χ0n) is 12.1. The van der Waals surface area contributed by atoms with Crippen LogP contribution >= 0.6 is 0 Å². The van der Waals surface area contributed by atoms with Gasteiger partial charge in [-0.15, -0.1) is 0 Å². The molecule has 2 aromatic carbocycles. The Morgan fingerprint density at radius 2 is 1.70 bits per heavy atom. The Balaban J connectivity index is 2.45. The summed E-state index contributed by atoms with van der Waals surface area (Å²) in [5, 5.41) is 9.23. The molecule has 0 fully saturated rings. The quantitative estimate of drug-likeness (QED) is 0.893. The standard InChI is InChI=1S/C15H14F3NO3S/c1-10-5-7-11(8-6-10)23(21,22)19-14-4-2-3-13(12(14)9-20)15(16,17)18/h2-8,19-20H,9H2,1H3. The van der Waals surface area contributed by atoms with E-state index in [2.05, 4.69) is 4.72 Å². The van der Waals surface area contributed by atoms with E-state index in [1.165, 1.54) is 18.2 Å². The molecule has 0 amide bonds. The van der Waals surface area contributed by atoms with E-state index >= 15 is 0 Å². The van der Waals surface area contributed by atoms with E-state index in [4.69, 9.17) is 0 Å². The van der Waals surface area contributed by atoms with Gasteiger partial charge in [-0.1, -0.05) is 23.8 Å². The monoisotopic (exact) mass is 345 g/mol. The lowest BCUT2D eigenvalue weighted by molar-refractivity contribution is -0.138. The Labute approximate surface area is 131 Å². The van der Waals surface area contributed by atoms with E-state index in [-0.39, 0.29) is 10.6 Å². The number of alkyl halides is 3. The number of aryl methyl sites for hydroxylation is 1. The van der Waals surface area contributed by atoms with Crippen molar-refractivity contribution in [2.45, 2.75) is 24.6 Å². The maximum atomic E-state index is 12.9. The molecule has 0 atom stereocenters. The molecule has 2 N–H and O–H groups in total. The van der Waals surface area contributed by atoms with Crippen molar-refractivity contribution >= 4 is 15.7 Å². The van der Waals surface area contributed by atoms with Gasteiger partial charge in [0.2, 0.25) is 0 Å². The van der Waals surface area contributed by atoms with Crippen molar-refractivity contribution in [3.8, 4) is 0 Å². The Morgan fingerprint density at radius 1 is 1.09 bits per heavy atom. The van der Waals surface area contributed by atoms with Crippen molar-refractivity contribution < 1.29 is 26.7 Å². The Kier molecular flexibility index (Phi) is 4.67. The average Bonchev–Trinajstić information content (AvgIpc) is 2.46. The molecule has 124 valence electrons. The fourth-order valence-corrected chi connectivity index (χ4v) is 3.13. The maximum Gasteiger partial charge on any atom is 0.416 e. The summed E-state index contributed by atoms with van der Waals surface area (Å²) >= 11 is 0. The molecular formula is C15H14F3NO3S. The van der Waals surface area contributed by atoms with Gasteiger partial charge in [-0.2, -0.15) is 13.2 Å². The van der Waals surface area contributed by atoms with Crippen molar-refractivity contribution in [1.29, 1.82) is 0 Å². The number of aliphatic hydroxyl groups excluding tert-OH is 1. The second-order valence-corrected chi connectivity index (χ2v) is 6.59. The molecule has 0 aromatic heterocycles. The Bertz CT molecular complexity index is 800. The molecule has 0 saturated carbocycles. The maximum absolute atomic E-state index is 12.9. The van der Waals surface area contributed by atoms with E-state index in [1.54, 1.807) is 19.1 Å². The van der Waals surface area contributed by atoms with Crippen LogP contribution in [0.15, 0.2) is 47.4 Å². The highest BCUT2D eigenvalue weighted by molar-refractivity contribution is 7.92. The SMILES string of the molecule is Cc1ccc(S(=O)(=O)Nc2cccc(C(F)(F)F)c2CO)cc1. The van der Waals surface area contributed by atoms with Crippen molar-refractivity contribution in [3.05, 3.63) is 59.2 Å². The summed E-state index contributed by atoms with van der Waals surface area (Å²) in [4.78, 5) is -0.0793. The van der Waals surface area contributed by atoms with Gasteiger partial charge in [0.1, 0.15) is 0 Å². The minimum Gasteiger partial charge on any atom is -0.392 e. The summed E-state index contributed by atoms with van der Waals surface area (Å²) in [6.07, 6.45) is -4.69. The number of aliphatic hydroxyl groups is 1. The summed E-state index contributed by atoms with van der Waals surface area (Å²) in [7, 11) is -4.05. The van der Waals surface area contributed by atoms with Gasteiger partial charge >= 0.3 is 6.18 Å². The average molecular weight is 345 g/mol. The number of sulfonamides is 1. The summed E-state index contributed by atoms with van der Waals surface area (Å²) < 4.78 is 65.4. The lowest BCUT2D eigenvalue weighted by Gasteiger charge is -2.16. The third-order valence-corrected chi connectivity index (χ3v) is 4.60. The second kappa shape index (κ2) is 6.21. The number of nitrogens with one attached hydrogen (secondary N) is 1. The van der Waals surface area contributed by atoms with Crippen LogP contribution in [0.4, 0.5) is 18.9 Å². The first-order valence-electron chi connectivity index (χ1n) is 6.54. The lowest BCUT2D eigenvalue weighted by atomic mass is 10.1. The van der Waals surface area contributed by atoms with Crippen LogP contribution in [-0.2, 0) is 22.8 Å². The highest BCUT2D eigenvalue weighted by Gasteiger charge is 2.34. The van der Waals surface area contributed by atoms with E-state index in [0.717, 1.165) is 17.7 Å². The highest BCUT2D eigenvalue weighted by atomic mass is 32.2. The molecule has 0 aliphatic heterocycles. The molecule has 23 heavy (non-hydrogen) atoms. The summed E-state index contributed by atoms with van der Waals surface area (Å²) in [5.41, 5.74) is -1.05. The molecule has 0 unspecified atom stereocenters. The third-order valence-electron chi connectivity index (χ3n) is 3.22. The van der Waals surface area contributed by atoms with Crippen LogP contribution in [0.5, 0.6) is 0 Å². The molecule has 0 saturated heterocycles. The molecule has 0 spiro atoms. The fourth-order valence-electron chi connectivity index (χ4n) is 2.04. The molecule has 0 aliphatic carbocycles. The van der Waals surface area contributed by atoms with Gasteiger partial charge in [-0.25, -0.2) is 8.42 Å². The molecule has 0 bridgehead atoms. The normalized spacial score (nSPS) is 12.2. The van der Waals surface area contributed by atoms with Crippen LogP contribution in [0, 0.1) is 6.92 Å². The topological polar surface area (TPSA) is 66.4 Å². The van der Waals surface area contributed by atoms with E-state index < -0.39 is 33.9 Å². The number of hydrogen-bond acceptors (Lipinski definition) is 3. The number of hydrogen-bond donors (Lipinski definition) is 2. The van der Waals surface area contributed by atoms with Gasteiger partial charge in [-0.3, -0.25) is 4.72 Å². The fraction of sp³-hybridized carbons (Fsp3) is 0.200. The summed E-state index contributed by atoms with van der Waals surface area (Å²) in [5.74, 6) is 0. The van der Waals surface area contributed by atoms with E-state index in [9.17, 15) is 26.7 Å². The number of rotatable bonds is 4. The van der Waals surface area contributed by atoms with Gasteiger partial charge in [0.05, 0.1) is 22.8 Å². The van der Waals surface area contributed by atoms with Crippen LogP contribution in [0.2, 0.25) is 0 Å². The Morgan fingerprint density at radius 3 is 2.22 bits per heavy atom. The summed E-state index contributed by atoms with van der Waals surface area (Å²) in [6.45, 7) is 0.835. The van der Waals surface area contributed by atoms with Crippen LogP contribution in [-0.4, -0.2) is 13.5 Å².